The molecule has 1 aromatic rings. The van der Waals surface area contributed by atoms with Crippen molar-refractivity contribution >= 4 is 0 Å². The Morgan fingerprint density at radius 2 is 2.06 bits per heavy atom. The van der Waals surface area contributed by atoms with Gasteiger partial charge in [0, 0.05) is 12.6 Å². The van der Waals surface area contributed by atoms with Crippen molar-refractivity contribution in [3.05, 3.63) is 17.5 Å². The van der Waals surface area contributed by atoms with Crippen LogP contribution in [0.15, 0.2) is 6.07 Å². The van der Waals surface area contributed by atoms with E-state index in [0.29, 0.717) is 12.0 Å². The van der Waals surface area contributed by atoms with Crippen molar-refractivity contribution in [2.75, 3.05) is 7.05 Å². The van der Waals surface area contributed by atoms with E-state index in [-0.39, 0.29) is 0 Å². The number of rotatable bonds is 6. The second-order valence-corrected chi connectivity index (χ2v) is 4.70. The summed E-state index contributed by atoms with van der Waals surface area (Å²) in [6.07, 6.45) is 2.17. The molecule has 0 fully saturated rings. The van der Waals surface area contributed by atoms with Crippen LogP contribution in [0.5, 0.6) is 0 Å². The number of hydrogen-bond acceptors (Lipinski definition) is 2. The lowest BCUT2D eigenvalue weighted by molar-refractivity contribution is 0.426. The van der Waals surface area contributed by atoms with Gasteiger partial charge < -0.3 is 5.32 Å². The van der Waals surface area contributed by atoms with E-state index in [0.717, 1.165) is 19.4 Å². The SMILES string of the molecule is CCc1cc(C(CC(C)C)NC)n(CC)n1. The average Bonchev–Trinajstić information content (AvgIpc) is 2.68. The molecule has 0 amide bonds. The van der Waals surface area contributed by atoms with Crippen LogP contribution in [-0.2, 0) is 13.0 Å². The third-order valence-electron chi connectivity index (χ3n) is 2.94. The number of nitrogens with one attached hydrogen (secondary N) is 1. The Kier molecular flexibility index (Phi) is 5.00. The molecule has 16 heavy (non-hydrogen) atoms. The highest BCUT2D eigenvalue weighted by Crippen LogP contribution is 2.22. The Labute approximate surface area is 99.2 Å². The molecule has 1 aromatic heterocycles. The molecule has 1 atom stereocenters. The third-order valence-corrected chi connectivity index (χ3v) is 2.94. The van der Waals surface area contributed by atoms with E-state index in [9.17, 15) is 0 Å². The van der Waals surface area contributed by atoms with Gasteiger partial charge in [0.25, 0.3) is 0 Å². The van der Waals surface area contributed by atoms with Gasteiger partial charge in [-0.25, -0.2) is 0 Å². The first kappa shape index (κ1) is 13.2. The maximum atomic E-state index is 4.60. The van der Waals surface area contributed by atoms with Gasteiger partial charge in [-0.2, -0.15) is 5.10 Å². The Hall–Kier alpha value is -0.830. The maximum absolute atomic E-state index is 4.60. The molecule has 1 rings (SSSR count). The fourth-order valence-corrected chi connectivity index (χ4v) is 2.05. The first-order valence-electron chi connectivity index (χ1n) is 6.36. The van der Waals surface area contributed by atoms with Crippen LogP contribution in [0.2, 0.25) is 0 Å². The molecular weight excluding hydrogens is 198 g/mol. The topological polar surface area (TPSA) is 29.9 Å². The average molecular weight is 223 g/mol. The Balaban J connectivity index is 2.93. The molecule has 1 unspecified atom stereocenters. The molecule has 3 nitrogen and oxygen atoms in total. The fraction of sp³-hybridized carbons (Fsp3) is 0.769. The zero-order valence-electron chi connectivity index (χ0n) is 11.2. The monoisotopic (exact) mass is 223 g/mol. The highest BCUT2D eigenvalue weighted by Gasteiger charge is 2.16. The van der Waals surface area contributed by atoms with Gasteiger partial charge in [0.2, 0.25) is 0 Å². The van der Waals surface area contributed by atoms with Gasteiger partial charge in [-0.3, -0.25) is 4.68 Å². The molecule has 92 valence electrons. The Morgan fingerprint density at radius 3 is 2.50 bits per heavy atom. The summed E-state index contributed by atoms with van der Waals surface area (Å²) >= 11 is 0. The standard InChI is InChI=1S/C13H25N3/c1-6-11-9-13(16(7-2)15-11)12(14-5)8-10(3)4/h9-10,12,14H,6-8H2,1-5H3. The molecule has 0 bridgehead atoms. The van der Waals surface area contributed by atoms with Crippen LogP contribution in [-0.4, -0.2) is 16.8 Å². The molecular formula is C13H25N3. The first-order valence-corrected chi connectivity index (χ1v) is 6.36. The highest BCUT2D eigenvalue weighted by atomic mass is 15.3. The van der Waals surface area contributed by atoms with E-state index in [1.807, 2.05) is 7.05 Å². The van der Waals surface area contributed by atoms with Crippen molar-refractivity contribution in [3.63, 3.8) is 0 Å². The smallest absolute Gasteiger partial charge is 0.0625 e. The predicted molar refractivity (Wildman–Crippen MR) is 68.5 cm³/mol. The highest BCUT2D eigenvalue weighted by molar-refractivity contribution is 5.14. The zero-order valence-corrected chi connectivity index (χ0v) is 11.2. The number of aromatic nitrogens is 2. The van der Waals surface area contributed by atoms with Crippen molar-refractivity contribution in [3.8, 4) is 0 Å². The predicted octanol–water partition coefficient (Wildman–Crippen LogP) is 2.77. The van der Waals surface area contributed by atoms with Crippen LogP contribution in [0, 0.1) is 5.92 Å². The maximum Gasteiger partial charge on any atom is 0.0625 e. The van der Waals surface area contributed by atoms with Gasteiger partial charge in [0.1, 0.15) is 0 Å². The molecule has 1 N–H and O–H groups in total. The summed E-state index contributed by atoms with van der Waals surface area (Å²) in [7, 11) is 2.03. The molecule has 0 aromatic carbocycles. The van der Waals surface area contributed by atoms with E-state index in [1.54, 1.807) is 0 Å². The van der Waals surface area contributed by atoms with Crippen molar-refractivity contribution < 1.29 is 0 Å². The lowest BCUT2D eigenvalue weighted by atomic mass is 10.0. The van der Waals surface area contributed by atoms with Crippen molar-refractivity contribution in [1.82, 2.24) is 15.1 Å². The summed E-state index contributed by atoms with van der Waals surface area (Å²) in [5.74, 6) is 0.697. The van der Waals surface area contributed by atoms with Crippen LogP contribution < -0.4 is 5.32 Å². The minimum absolute atomic E-state index is 0.424. The normalized spacial score (nSPS) is 13.4. The molecule has 0 saturated heterocycles. The van der Waals surface area contributed by atoms with E-state index in [2.05, 4.69) is 48.9 Å². The summed E-state index contributed by atoms with van der Waals surface area (Å²) in [5, 5.41) is 8.00. The van der Waals surface area contributed by atoms with Gasteiger partial charge in [-0.05, 0) is 38.8 Å². The molecule has 0 aliphatic rings. The molecule has 0 aliphatic carbocycles. The van der Waals surface area contributed by atoms with E-state index < -0.39 is 0 Å². The third kappa shape index (κ3) is 3.08. The minimum atomic E-state index is 0.424. The van der Waals surface area contributed by atoms with Crippen molar-refractivity contribution in [2.24, 2.45) is 5.92 Å². The van der Waals surface area contributed by atoms with Crippen LogP contribution in [0.3, 0.4) is 0 Å². The first-order chi connectivity index (χ1) is 7.62. The van der Waals surface area contributed by atoms with Crippen LogP contribution in [0.25, 0.3) is 0 Å². The van der Waals surface area contributed by atoms with Gasteiger partial charge in [0.05, 0.1) is 11.4 Å². The molecule has 3 heteroatoms. The second-order valence-electron chi connectivity index (χ2n) is 4.70. The van der Waals surface area contributed by atoms with Crippen molar-refractivity contribution in [2.45, 2.75) is 53.1 Å². The minimum Gasteiger partial charge on any atom is -0.312 e. The molecule has 0 radical (unpaired) electrons. The van der Waals surface area contributed by atoms with Crippen LogP contribution in [0.4, 0.5) is 0 Å². The van der Waals surface area contributed by atoms with Gasteiger partial charge >= 0.3 is 0 Å². The zero-order chi connectivity index (χ0) is 12.1. The van der Waals surface area contributed by atoms with Crippen molar-refractivity contribution in [1.29, 1.82) is 0 Å². The lowest BCUT2D eigenvalue weighted by Gasteiger charge is -2.19. The molecule has 1 heterocycles. The second kappa shape index (κ2) is 6.04. The number of aryl methyl sites for hydroxylation is 2. The Bertz CT molecular complexity index is 315. The summed E-state index contributed by atoms with van der Waals surface area (Å²) in [6.45, 7) is 9.78. The van der Waals surface area contributed by atoms with Gasteiger partial charge in [-0.1, -0.05) is 20.8 Å². The fourth-order valence-electron chi connectivity index (χ4n) is 2.05. The quantitative estimate of drug-likeness (QED) is 0.803. The van der Waals surface area contributed by atoms with Crippen LogP contribution in [0.1, 0.15) is 51.5 Å². The summed E-state index contributed by atoms with van der Waals surface area (Å²) in [4.78, 5) is 0. The van der Waals surface area contributed by atoms with E-state index in [4.69, 9.17) is 0 Å². The molecule has 0 saturated carbocycles. The van der Waals surface area contributed by atoms with E-state index >= 15 is 0 Å². The number of hydrogen-bond donors (Lipinski definition) is 1. The van der Waals surface area contributed by atoms with Gasteiger partial charge in [-0.15, -0.1) is 0 Å². The lowest BCUT2D eigenvalue weighted by Crippen LogP contribution is -2.21. The Morgan fingerprint density at radius 1 is 1.38 bits per heavy atom. The van der Waals surface area contributed by atoms with Gasteiger partial charge in [0.15, 0.2) is 0 Å². The molecule has 0 spiro atoms. The largest absolute Gasteiger partial charge is 0.312 e. The summed E-state index contributed by atoms with van der Waals surface area (Å²) < 4.78 is 2.13. The van der Waals surface area contributed by atoms with E-state index in [1.165, 1.54) is 11.4 Å². The molecule has 0 aliphatic heterocycles. The number of nitrogens with zero attached hydrogens (tertiary/aromatic N) is 2. The summed E-state index contributed by atoms with van der Waals surface area (Å²) in [6, 6.07) is 2.67. The van der Waals surface area contributed by atoms with Crippen LogP contribution >= 0.6 is 0 Å². The summed E-state index contributed by atoms with van der Waals surface area (Å²) in [5.41, 5.74) is 2.52.